The van der Waals surface area contributed by atoms with Gasteiger partial charge in [0.05, 0.1) is 23.5 Å². The van der Waals surface area contributed by atoms with E-state index >= 15 is 4.79 Å². The number of rotatable bonds is 14. The van der Waals surface area contributed by atoms with Crippen LogP contribution in [-0.2, 0) is 52.4 Å². The molecule has 1 aliphatic heterocycles. The zero-order valence-electron chi connectivity index (χ0n) is 43.8. The van der Waals surface area contributed by atoms with Crippen molar-refractivity contribution in [2.24, 2.45) is 16.7 Å². The normalized spacial score (nSPS) is 26.9. The summed E-state index contributed by atoms with van der Waals surface area (Å²) in [6.07, 6.45) is -3.27. The SMILES string of the molecule is CC(=O)O[C@H]1C[C@@]2(O)[C@@H](OC(=O)c3ccccc3)[C@@H]3[C@]4(OC(C)=O)CO[C@@H]4C[C@H](OC(=O)/C=C/c4ccc(C(=O)c5ccccc5)cc4)[C@@]3(C)C(=O)[C@H](OC(=O)/C=C/c3ccc(C(=O)c4ccccc4)cc3)C(=C1C)C2(C)C. The second-order valence-electron chi connectivity index (χ2n) is 20.9. The maximum atomic E-state index is 16.5. The van der Waals surface area contributed by atoms with Crippen LogP contribution in [0, 0.1) is 16.7 Å². The molecule has 0 amide bonds. The minimum atomic E-state index is -2.37. The Bertz CT molecular complexity index is 3270. The van der Waals surface area contributed by atoms with E-state index in [1.807, 2.05) is 6.07 Å². The molecule has 2 saturated carbocycles. The van der Waals surface area contributed by atoms with E-state index in [1.165, 1.54) is 38.1 Å². The van der Waals surface area contributed by atoms with Gasteiger partial charge in [-0.05, 0) is 60.4 Å². The van der Waals surface area contributed by atoms with Crippen molar-refractivity contribution in [3.05, 3.63) is 202 Å². The zero-order valence-corrected chi connectivity index (χ0v) is 43.8. The number of ether oxygens (including phenoxy) is 6. The first-order valence-electron chi connectivity index (χ1n) is 25.6. The Balaban J connectivity index is 1.15. The summed E-state index contributed by atoms with van der Waals surface area (Å²) in [4.78, 5) is 112. The van der Waals surface area contributed by atoms with Crippen LogP contribution in [0.4, 0.5) is 0 Å². The van der Waals surface area contributed by atoms with Crippen LogP contribution < -0.4 is 0 Å². The van der Waals surface area contributed by atoms with Crippen molar-refractivity contribution < 1.29 is 71.9 Å². The zero-order chi connectivity index (χ0) is 55.7. The molecular weight excluding hydrogens is 997 g/mol. The summed E-state index contributed by atoms with van der Waals surface area (Å²) in [5.74, 6) is -7.37. The van der Waals surface area contributed by atoms with E-state index < -0.39 is 101 Å². The molecule has 1 heterocycles. The van der Waals surface area contributed by atoms with Crippen molar-refractivity contribution in [1.82, 2.24) is 0 Å². The number of hydrogen-bond donors (Lipinski definition) is 1. The topological polar surface area (TPSA) is 212 Å². The minimum Gasteiger partial charge on any atom is -0.458 e. The van der Waals surface area contributed by atoms with Gasteiger partial charge < -0.3 is 33.5 Å². The maximum Gasteiger partial charge on any atom is 0.338 e. The Hall–Kier alpha value is -8.40. The molecular formula is C63H58O15. The van der Waals surface area contributed by atoms with Crippen molar-refractivity contribution >= 4 is 59.3 Å². The first-order chi connectivity index (χ1) is 37.2. The molecule has 0 radical (unpaired) electrons. The highest BCUT2D eigenvalue weighted by molar-refractivity contribution is 6.09. The van der Waals surface area contributed by atoms with Crippen LogP contribution in [0.1, 0.15) is 108 Å². The van der Waals surface area contributed by atoms with Crippen LogP contribution >= 0.6 is 0 Å². The van der Waals surface area contributed by atoms with E-state index in [2.05, 4.69) is 0 Å². The third-order valence-corrected chi connectivity index (χ3v) is 15.9. The highest BCUT2D eigenvalue weighted by Crippen LogP contribution is 2.65. The van der Waals surface area contributed by atoms with Crippen LogP contribution in [0.5, 0.6) is 0 Å². The van der Waals surface area contributed by atoms with Gasteiger partial charge in [-0.25, -0.2) is 14.4 Å². The van der Waals surface area contributed by atoms with Gasteiger partial charge in [-0.1, -0.05) is 141 Å². The highest BCUT2D eigenvalue weighted by atomic mass is 16.6. The number of carbonyl (C=O) groups is 8. The molecule has 9 rings (SSSR count). The number of ketones is 3. The lowest BCUT2D eigenvalue weighted by Crippen LogP contribution is -2.82. The van der Waals surface area contributed by atoms with Crippen LogP contribution in [-0.4, -0.2) is 101 Å². The monoisotopic (exact) mass is 1050 g/mol. The molecule has 9 atom stereocenters. The third kappa shape index (κ3) is 10.1. The smallest absolute Gasteiger partial charge is 0.338 e. The Morgan fingerprint density at radius 2 is 1.08 bits per heavy atom. The quantitative estimate of drug-likeness (QED) is 0.0362. The number of hydrogen-bond acceptors (Lipinski definition) is 15. The minimum absolute atomic E-state index is 0.0196. The molecule has 5 aromatic rings. The molecule has 2 bridgehead atoms. The van der Waals surface area contributed by atoms with E-state index in [4.69, 9.17) is 28.4 Å². The molecule has 15 nitrogen and oxygen atoms in total. The second-order valence-corrected chi connectivity index (χ2v) is 20.9. The predicted molar refractivity (Wildman–Crippen MR) is 283 cm³/mol. The van der Waals surface area contributed by atoms with Crippen molar-refractivity contribution in [1.29, 1.82) is 0 Å². The molecule has 1 N–H and O–H groups in total. The van der Waals surface area contributed by atoms with Crippen LogP contribution in [0.15, 0.2) is 163 Å². The Morgan fingerprint density at radius 3 is 1.54 bits per heavy atom. The lowest BCUT2D eigenvalue weighted by atomic mass is 9.44. The second kappa shape index (κ2) is 21.6. The van der Waals surface area contributed by atoms with Crippen LogP contribution in [0.3, 0.4) is 0 Å². The number of esters is 5. The summed E-state index contributed by atoms with van der Waals surface area (Å²) in [7, 11) is 0. The first-order valence-corrected chi connectivity index (χ1v) is 25.6. The summed E-state index contributed by atoms with van der Waals surface area (Å²) in [6, 6.07) is 38.4. The van der Waals surface area contributed by atoms with Crippen molar-refractivity contribution in [2.75, 3.05) is 6.61 Å². The Labute approximate surface area is 450 Å². The summed E-state index contributed by atoms with van der Waals surface area (Å²) in [6.45, 7) is 8.17. The first kappa shape index (κ1) is 54.4. The lowest BCUT2D eigenvalue weighted by Gasteiger charge is -2.67. The molecule has 78 heavy (non-hydrogen) atoms. The summed E-state index contributed by atoms with van der Waals surface area (Å²) < 4.78 is 37.5. The summed E-state index contributed by atoms with van der Waals surface area (Å²) >= 11 is 0. The fourth-order valence-electron chi connectivity index (χ4n) is 11.9. The van der Waals surface area contributed by atoms with Gasteiger partial charge in [-0.2, -0.15) is 0 Å². The molecule has 3 fully saturated rings. The molecule has 1 saturated heterocycles. The number of Topliss-reactive ketones (excluding diaryl/α,β-unsaturated/α-hetero) is 1. The average molecular weight is 1060 g/mol. The molecule has 0 aromatic heterocycles. The number of benzene rings is 5. The number of aliphatic hydroxyl groups is 1. The largest absolute Gasteiger partial charge is 0.458 e. The Kier molecular flexibility index (Phi) is 15.0. The number of carbonyl (C=O) groups excluding carboxylic acids is 8. The molecule has 400 valence electrons. The Morgan fingerprint density at radius 1 is 0.603 bits per heavy atom. The van der Waals surface area contributed by atoms with E-state index in [0.717, 1.165) is 19.1 Å². The van der Waals surface area contributed by atoms with E-state index in [9.17, 15) is 38.7 Å². The molecule has 5 aromatic carbocycles. The van der Waals surface area contributed by atoms with Crippen LogP contribution in [0.2, 0.25) is 0 Å². The van der Waals surface area contributed by atoms with Gasteiger partial charge >= 0.3 is 29.8 Å². The van der Waals surface area contributed by atoms with Crippen molar-refractivity contribution in [3.63, 3.8) is 0 Å². The van der Waals surface area contributed by atoms with Crippen molar-refractivity contribution in [2.45, 2.75) is 96.1 Å². The molecule has 3 aliphatic carbocycles. The summed E-state index contributed by atoms with van der Waals surface area (Å²) in [5, 5.41) is 13.9. The summed E-state index contributed by atoms with van der Waals surface area (Å²) in [5.41, 5.74) is -4.93. The van der Waals surface area contributed by atoms with Gasteiger partial charge in [0.25, 0.3) is 0 Å². The maximum absolute atomic E-state index is 16.5. The fourth-order valence-corrected chi connectivity index (χ4v) is 11.9. The molecule has 0 unspecified atom stereocenters. The standard InChI is InChI=1S/C63H58O15/c1-37-47(74-38(2)64)35-63(72)58(77-59(71)46-20-14-9-15-21-46)56-61(6,57(70)55(52(37)60(63,4)5)76-51(67)33-27-41-24-30-45(31-25-41)54(69)43-18-12-8-13-19-43)48(34-49-62(56,36-73-49)78-39(3)65)75-50(66)32-26-40-22-28-44(29-23-40)53(68)42-16-10-7-11-17-42/h7-33,47-49,55-56,58,72H,34-36H2,1-6H3/b32-26+,33-27+/t47-,48-,49+,55+,56-,58-,61+,62-,63+/m0/s1. The third-order valence-electron chi connectivity index (χ3n) is 15.9. The molecule has 15 heteroatoms. The van der Waals surface area contributed by atoms with Gasteiger partial charge in [0.1, 0.15) is 30.0 Å². The van der Waals surface area contributed by atoms with Gasteiger partial charge in [-0.3, -0.25) is 24.0 Å². The van der Waals surface area contributed by atoms with Gasteiger partial charge in [0.2, 0.25) is 0 Å². The number of fused-ring (bicyclic) bond motifs is 5. The lowest BCUT2D eigenvalue weighted by molar-refractivity contribution is -0.346. The molecule has 4 aliphatic rings. The van der Waals surface area contributed by atoms with E-state index in [0.29, 0.717) is 33.4 Å². The van der Waals surface area contributed by atoms with Gasteiger partial charge in [0, 0.05) is 66.5 Å². The predicted octanol–water partition coefficient (Wildman–Crippen LogP) is 8.64. The van der Waals surface area contributed by atoms with E-state index in [-0.39, 0.29) is 41.3 Å². The van der Waals surface area contributed by atoms with Gasteiger partial charge in [0.15, 0.2) is 29.1 Å². The van der Waals surface area contributed by atoms with Crippen molar-refractivity contribution in [3.8, 4) is 0 Å². The van der Waals surface area contributed by atoms with Gasteiger partial charge in [-0.15, -0.1) is 0 Å². The average Bonchev–Trinajstić information content (AvgIpc) is 3.28. The van der Waals surface area contributed by atoms with Crippen LogP contribution in [0.25, 0.3) is 12.2 Å². The molecule has 0 spiro atoms. The van der Waals surface area contributed by atoms with E-state index in [1.54, 1.807) is 142 Å². The fraction of sp³-hybridized carbons (Fsp3) is 0.302. The highest BCUT2D eigenvalue weighted by Gasteiger charge is 2.79.